The van der Waals surface area contributed by atoms with Crippen molar-refractivity contribution in [3.05, 3.63) is 70.1 Å². The van der Waals surface area contributed by atoms with Gasteiger partial charge in [-0.05, 0) is 29.8 Å². The summed E-state index contributed by atoms with van der Waals surface area (Å²) in [6.45, 7) is 0.366. The second-order valence-electron chi connectivity index (χ2n) is 5.82. The Morgan fingerprint density at radius 1 is 1.12 bits per heavy atom. The van der Waals surface area contributed by atoms with Gasteiger partial charge in [0.15, 0.2) is 0 Å². The number of carbonyl (C=O) groups excluding carboxylic acids is 1. The zero-order valence-electron chi connectivity index (χ0n) is 13.6. The van der Waals surface area contributed by atoms with Crippen molar-refractivity contribution in [3.63, 3.8) is 0 Å². The predicted molar refractivity (Wildman–Crippen MR) is 94.8 cm³/mol. The molecule has 4 nitrogen and oxygen atoms in total. The lowest BCUT2D eigenvalue weighted by Crippen LogP contribution is -2.27. The molecule has 0 radical (unpaired) electrons. The largest absolute Gasteiger partial charge is 0.417 e. The number of hydrogen-bond donors (Lipinski definition) is 1. The number of amides is 1. The van der Waals surface area contributed by atoms with Crippen LogP contribution in [0, 0.1) is 0 Å². The lowest BCUT2D eigenvalue weighted by atomic mass is 10.1. The summed E-state index contributed by atoms with van der Waals surface area (Å²) in [7, 11) is 0. The van der Waals surface area contributed by atoms with Crippen LogP contribution in [0.3, 0.4) is 0 Å². The summed E-state index contributed by atoms with van der Waals surface area (Å²) in [5.74, 6) is -0.115. The van der Waals surface area contributed by atoms with Crippen molar-refractivity contribution in [3.8, 4) is 0 Å². The predicted octanol–water partition coefficient (Wildman–Crippen LogP) is 4.02. The smallest absolute Gasteiger partial charge is 0.355 e. The van der Waals surface area contributed by atoms with Crippen LogP contribution in [-0.4, -0.2) is 21.8 Å². The first-order chi connectivity index (χ1) is 12.3. The standard InChI is InChI=1S/C18H15BrF3N3O/c19-14-4-1-12(2-5-14)9-17(26)23-8-7-15-11-25-10-13(18(20,21)22)3-6-16(25)24-15/h1-6,10-11H,7-9H2,(H,23,26). The zero-order chi connectivity index (χ0) is 18.7. The third kappa shape index (κ3) is 4.63. The van der Waals surface area contributed by atoms with Gasteiger partial charge in [0.05, 0.1) is 17.7 Å². The third-order valence-corrected chi connectivity index (χ3v) is 4.34. The van der Waals surface area contributed by atoms with E-state index in [4.69, 9.17) is 0 Å². The molecule has 0 aliphatic carbocycles. The van der Waals surface area contributed by atoms with Gasteiger partial charge in [0.2, 0.25) is 5.91 Å². The second kappa shape index (κ2) is 7.49. The fourth-order valence-corrected chi connectivity index (χ4v) is 2.78. The van der Waals surface area contributed by atoms with E-state index in [1.165, 1.54) is 10.5 Å². The van der Waals surface area contributed by atoms with Gasteiger partial charge in [0.1, 0.15) is 5.65 Å². The molecular formula is C18H15BrF3N3O. The van der Waals surface area contributed by atoms with E-state index in [2.05, 4.69) is 26.2 Å². The molecule has 0 saturated heterocycles. The van der Waals surface area contributed by atoms with E-state index in [1.54, 1.807) is 6.20 Å². The number of hydrogen-bond acceptors (Lipinski definition) is 2. The van der Waals surface area contributed by atoms with Crippen molar-refractivity contribution in [1.82, 2.24) is 14.7 Å². The van der Waals surface area contributed by atoms with Gasteiger partial charge in [-0.15, -0.1) is 0 Å². The van der Waals surface area contributed by atoms with Crippen LogP contribution in [0.1, 0.15) is 16.8 Å². The number of fused-ring (bicyclic) bond motifs is 1. The number of carbonyl (C=O) groups is 1. The number of halogens is 4. The van der Waals surface area contributed by atoms with Crippen LogP contribution in [-0.2, 0) is 23.8 Å². The Hall–Kier alpha value is -2.35. The van der Waals surface area contributed by atoms with E-state index < -0.39 is 11.7 Å². The summed E-state index contributed by atoms with van der Waals surface area (Å²) in [5, 5.41) is 2.79. The number of benzene rings is 1. The van der Waals surface area contributed by atoms with Crippen LogP contribution >= 0.6 is 15.9 Å². The first-order valence-electron chi connectivity index (χ1n) is 7.87. The zero-order valence-corrected chi connectivity index (χ0v) is 15.1. The van der Waals surface area contributed by atoms with Crippen molar-refractivity contribution >= 4 is 27.5 Å². The minimum atomic E-state index is -4.39. The van der Waals surface area contributed by atoms with E-state index in [0.29, 0.717) is 24.3 Å². The summed E-state index contributed by atoms with van der Waals surface area (Å²) in [5.41, 5.74) is 1.23. The van der Waals surface area contributed by atoms with Gasteiger partial charge in [-0.1, -0.05) is 28.1 Å². The number of alkyl halides is 3. The number of nitrogens with one attached hydrogen (secondary N) is 1. The van der Waals surface area contributed by atoms with Crippen molar-refractivity contribution < 1.29 is 18.0 Å². The Morgan fingerprint density at radius 2 is 1.85 bits per heavy atom. The van der Waals surface area contributed by atoms with E-state index in [0.717, 1.165) is 22.3 Å². The lowest BCUT2D eigenvalue weighted by Gasteiger charge is -2.05. The molecule has 1 aromatic carbocycles. The Balaban J connectivity index is 1.56. The van der Waals surface area contributed by atoms with E-state index in [9.17, 15) is 18.0 Å². The molecule has 2 aromatic heterocycles. The summed E-state index contributed by atoms with van der Waals surface area (Å²) in [6.07, 6.45) is -1.12. The van der Waals surface area contributed by atoms with Gasteiger partial charge >= 0.3 is 6.18 Å². The molecule has 0 aliphatic rings. The quantitative estimate of drug-likeness (QED) is 0.670. The minimum absolute atomic E-state index is 0.115. The summed E-state index contributed by atoms with van der Waals surface area (Å²) >= 11 is 3.34. The van der Waals surface area contributed by atoms with Gasteiger partial charge in [-0.3, -0.25) is 4.79 Å². The van der Waals surface area contributed by atoms with Crippen LogP contribution < -0.4 is 5.32 Å². The molecule has 0 fully saturated rings. The number of aromatic nitrogens is 2. The maximum atomic E-state index is 12.7. The monoisotopic (exact) mass is 425 g/mol. The Labute approximate surface area is 156 Å². The summed E-state index contributed by atoms with van der Waals surface area (Å²) in [4.78, 5) is 16.2. The van der Waals surface area contributed by atoms with E-state index in [1.807, 2.05) is 24.3 Å². The Bertz CT molecular complexity index is 920. The molecule has 0 bridgehead atoms. The van der Waals surface area contributed by atoms with Crippen molar-refractivity contribution in [2.75, 3.05) is 6.54 Å². The number of rotatable bonds is 5. The SMILES string of the molecule is O=C(Cc1ccc(Br)cc1)NCCc1cn2cc(C(F)(F)F)ccc2n1. The highest BCUT2D eigenvalue weighted by Gasteiger charge is 2.30. The minimum Gasteiger partial charge on any atom is -0.355 e. The van der Waals surface area contributed by atoms with Gasteiger partial charge in [0.25, 0.3) is 0 Å². The highest BCUT2D eigenvalue weighted by molar-refractivity contribution is 9.10. The molecule has 136 valence electrons. The van der Waals surface area contributed by atoms with Crippen LogP contribution in [0.4, 0.5) is 13.2 Å². The number of pyridine rings is 1. The molecule has 3 aromatic rings. The molecule has 0 spiro atoms. The molecule has 0 saturated carbocycles. The summed E-state index contributed by atoms with van der Waals surface area (Å²) in [6, 6.07) is 9.81. The average Bonchev–Trinajstić information content (AvgIpc) is 2.98. The molecule has 0 aliphatic heterocycles. The normalized spacial score (nSPS) is 11.7. The van der Waals surface area contributed by atoms with Crippen LogP contribution in [0.25, 0.3) is 5.65 Å². The van der Waals surface area contributed by atoms with Crippen molar-refractivity contribution in [1.29, 1.82) is 0 Å². The highest BCUT2D eigenvalue weighted by Crippen LogP contribution is 2.29. The molecule has 0 unspecified atom stereocenters. The van der Waals surface area contributed by atoms with Crippen LogP contribution in [0.15, 0.2) is 53.3 Å². The Morgan fingerprint density at radius 3 is 2.54 bits per heavy atom. The van der Waals surface area contributed by atoms with Crippen molar-refractivity contribution in [2.24, 2.45) is 0 Å². The van der Waals surface area contributed by atoms with Crippen molar-refractivity contribution in [2.45, 2.75) is 19.0 Å². The first-order valence-corrected chi connectivity index (χ1v) is 8.66. The molecule has 8 heteroatoms. The number of imidazole rings is 1. The summed E-state index contributed by atoms with van der Waals surface area (Å²) < 4.78 is 40.5. The van der Waals surface area contributed by atoms with Gasteiger partial charge in [-0.2, -0.15) is 13.2 Å². The van der Waals surface area contributed by atoms with Crippen LogP contribution in [0.5, 0.6) is 0 Å². The maximum Gasteiger partial charge on any atom is 0.417 e. The highest BCUT2D eigenvalue weighted by atomic mass is 79.9. The fourth-order valence-electron chi connectivity index (χ4n) is 2.51. The third-order valence-electron chi connectivity index (χ3n) is 3.81. The first kappa shape index (κ1) is 18.4. The molecule has 3 rings (SSSR count). The fraction of sp³-hybridized carbons (Fsp3) is 0.222. The topological polar surface area (TPSA) is 46.4 Å². The Kier molecular flexibility index (Phi) is 5.31. The average molecular weight is 426 g/mol. The van der Waals surface area contributed by atoms with Gasteiger partial charge in [0, 0.05) is 29.8 Å². The molecular weight excluding hydrogens is 411 g/mol. The molecule has 0 atom stereocenters. The molecule has 1 amide bonds. The molecule has 2 heterocycles. The van der Waals surface area contributed by atoms with Gasteiger partial charge < -0.3 is 9.72 Å². The van der Waals surface area contributed by atoms with E-state index in [-0.39, 0.29) is 12.3 Å². The van der Waals surface area contributed by atoms with Crippen LogP contribution in [0.2, 0.25) is 0 Å². The number of nitrogens with zero attached hydrogens (tertiary/aromatic N) is 2. The van der Waals surface area contributed by atoms with E-state index >= 15 is 0 Å². The lowest BCUT2D eigenvalue weighted by molar-refractivity contribution is -0.137. The maximum absolute atomic E-state index is 12.7. The molecule has 1 N–H and O–H groups in total. The second-order valence-corrected chi connectivity index (χ2v) is 6.73. The van der Waals surface area contributed by atoms with Gasteiger partial charge in [-0.25, -0.2) is 4.98 Å². The molecule has 26 heavy (non-hydrogen) atoms.